The first-order valence-corrected chi connectivity index (χ1v) is 6.99. The summed E-state index contributed by atoms with van der Waals surface area (Å²) in [5.74, 6) is 0. The van der Waals surface area contributed by atoms with E-state index in [4.69, 9.17) is 5.73 Å². The third-order valence-electron chi connectivity index (χ3n) is 3.25. The summed E-state index contributed by atoms with van der Waals surface area (Å²) in [6, 6.07) is 11.0. The maximum absolute atomic E-state index is 12.2. The van der Waals surface area contributed by atoms with Crippen LogP contribution in [-0.2, 0) is 6.42 Å². The number of aromatic nitrogens is 1. The van der Waals surface area contributed by atoms with Crippen molar-refractivity contribution in [1.29, 1.82) is 0 Å². The maximum atomic E-state index is 12.2. The standard InChI is InChI=1S/C16H20N4O/c1-2-20(12-9-13-7-10-18-11-8-13)16(21)19-15-5-3-14(17)4-6-15/h3-8,10-11H,2,9,12,17H2,1H3,(H,19,21). The molecule has 2 aromatic rings. The average Bonchev–Trinajstić information content (AvgIpc) is 2.51. The highest BCUT2D eigenvalue weighted by atomic mass is 16.2. The van der Waals surface area contributed by atoms with Gasteiger partial charge >= 0.3 is 6.03 Å². The second kappa shape index (κ2) is 7.28. The average molecular weight is 284 g/mol. The fraction of sp³-hybridized carbons (Fsp3) is 0.250. The van der Waals surface area contributed by atoms with Crippen LogP contribution in [0.5, 0.6) is 0 Å². The highest BCUT2D eigenvalue weighted by Gasteiger charge is 2.11. The lowest BCUT2D eigenvalue weighted by Crippen LogP contribution is -2.36. The van der Waals surface area contributed by atoms with Gasteiger partial charge in [-0.2, -0.15) is 0 Å². The number of amides is 2. The molecule has 0 saturated carbocycles. The molecule has 0 aliphatic rings. The van der Waals surface area contributed by atoms with Gasteiger partial charge in [-0.1, -0.05) is 0 Å². The van der Waals surface area contributed by atoms with Crippen LogP contribution in [0.2, 0.25) is 0 Å². The van der Waals surface area contributed by atoms with Gasteiger partial charge in [-0.05, 0) is 55.3 Å². The van der Waals surface area contributed by atoms with E-state index in [-0.39, 0.29) is 6.03 Å². The summed E-state index contributed by atoms with van der Waals surface area (Å²) in [6.45, 7) is 3.29. The number of urea groups is 1. The molecule has 110 valence electrons. The van der Waals surface area contributed by atoms with E-state index in [1.54, 1.807) is 41.6 Å². The molecule has 2 amide bonds. The van der Waals surface area contributed by atoms with Crippen LogP contribution in [0.15, 0.2) is 48.8 Å². The highest BCUT2D eigenvalue weighted by molar-refractivity contribution is 5.89. The number of hydrogen-bond donors (Lipinski definition) is 2. The SMILES string of the molecule is CCN(CCc1ccncc1)C(=O)Nc1ccc(N)cc1. The van der Waals surface area contributed by atoms with E-state index < -0.39 is 0 Å². The summed E-state index contributed by atoms with van der Waals surface area (Å²) in [4.78, 5) is 18.0. The minimum atomic E-state index is -0.101. The molecule has 0 aliphatic heterocycles. The van der Waals surface area contributed by atoms with Crippen LogP contribution in [0.25, 0.3) is 0 Å². The molecular weight excluding hydrogens is 264 g/mol. The van der Waals surface area contributed by atoms with E-state index in [1.165, 1.54) is 5.56 Å². The third-order valence-corrected chi connectivity index (χ3v) is 3.25. The fourth-order valence-electron chi connectivity index (χ4n) is 1.99. The first kappa shape index (κ1) is 14.8. The lowest BCUT2D eigenvalue weighted by Gasteiger charge is -2.21. The van der Waals surface area contributed by atoms with E-state index in [2.05, 4.69) is 10.3 Å². The van der Waals surface area contributed by atoms with E-state index in [1.807, 2.05) is 19.1 Å². The highest BCUT2D eigenvalue weighted by Crippen LogP contribution is 2.11. The molecule has 0 saturated heterocycles. The second-order valence-corrected chi connectivity index (χ2v) is 4.74. The number of hydrogen-bond acceptors (Lipinski definition) is 3. The molecule has 0 fully saturated rings. The zero-order valence-electron chi connectivity index (χ0n) is 12.1. The summed E-state index contributed by atoms with van der Waals surface area (Å²) in [5.41, 5.74) is 8.22. The number of nitrogen functional groups attached to an aromatic ring is 1. The van der Waals surface area contributed by atoms with E-state index in [9.17, 15) is 4.79 Å². The van der Waals surface area contributed by atoms with Gasteiger partial charge in [0, 0.05) is 36.9 Å². The summed E-state index contributed by atoms with van der Waals surface area (Å²) >= 11 is 0. The normalized spacial score (nSPS) is 10.1. The van der Waals surface area contributed by atoms with Crippen molar-refractivity contribution in [1.82, 2.24) is 9.88 Å². The van der Waals surface area contributed by atoms with Crippen LogP contribution in [0, 0.1) is 0 Å². The number of nitrogens with one attached hydrogen (secondary N) is 1. The van der Waals surface area contributed by atoms with Crippen molar-refractivity contribution in [3.05, 3.63) is 54.4 Å². The number of benzene rings is 1. The van der Waals surface area contributed by atoms with Crippen molar-refractivity contribution < 1.29 is 4.79 Å². The lowest BCUT2D eigenvalue weighted by molar-refractivity contribution is 0.215. The molecule has 0 spiro atoms. The molecule has 2 rings (SSSR count). The van der Waals surface area contributed by atoms with Crippen molar-refractivity contribution >= 4 is 17.4 Å². The predicted octanol–water partition coefficient (Wildman–Crippen LogP) is 2.76. The Labute approximate surface area is 124 Å². The van der Waals surface area contributed by atoms with Gasteiger partial charge in [-0.3, -0.25) is 4.98 Å². The first-order chi connectivity index (χ1) is 10.2. The van der Waals surface area contributed by atoms with Gasteiger partial charge in [0.1, 0.15) is 0 Å². The second-order valence-electron chi connectivity index (χ2n) is 4.74. The summed E-state index contributed by atoms with van der Waals surface area (Å²) in [7, 11) is 0. The van der Waals surface area contributed by atoms with Crippen LogP contribution in [-0.4, -0.2) is 29.0 Å². The molecule has 0 unspecified atom stereocenters. The number of anilines is 2. The smallest absolute Gasteiger partial charge is 0.321 e. The molecule has 5 heteroatoms. The zero-order valence-corrected chi connectivity index (χ0v) is 12.1. The molecule has 0 radical (unpaired) electrons. The predicted molar refractivity (Wildman–Crippen MR) is 85.1 cm³/mol. The molecule has 0 bridgehead atoms. The summed E-state index contributed by atoms with van der Waals surface area (Å²) in [5, 5.41) is 2.88. The molecule has 1 aromatic carbocycles. The van der Waals surface area contributed by atoms with Crippen molar-refractivity contribution in [3.63, 3.8) is 0 Å². The van der Waals surface area contributed by atoms with Gasteiger partial charge in [-0.15, -0.1) is 0 Å². The van der Waals surface area contributed by atoms with Crippen LogP contribution < -0.4 is 11.1 Å². The van der Waals surface area contributed by atoms with Crippen molar-refractivity contribution in [2.24, 2.45) is 0 Å². The Balaban J connectivity index is 1.90. The Morgan fingerprint density at radius 3 is 2.48 bits per heavy atom. The minimum absolute atomic E-state index is 0.101. The van der Waals surface area contributed by atoms with Gasteiger partial charge in [0.25, 0.3) is 0 Å². The summed E-state index contributed by atoms with van der Waals surface area (Å²) in [6.07, 6.45) is 4.34. The molecule has 0 atom stereocenters. The lowest BCUT2D eigenvalue weighted by atomic mass is 10.2. The molecule has 5 nitrogen and oxygen atoms in total. The van der Waals surface area contributed by atoms with Gasteiger partial charge in [0.05, 0.1) is 0 Å². The van der Waals surface area contributed by atoms with Crippen LogP contribution >= 0.6 is 0 Å². The summed E-state index contributed by atoms with van der Waals surface area (Å²) < 4.78 is 0. The minimum Gasteiger partial charge on any atom is -0.399 e. The Kier molecular flexibility index (Phi) is 5.15. The van der Waals surface area contributed by atoms with Crippen molar-refractivity contribution in [3.8, 4) is 0 Å². The largest absolute Gasteiger partial charge is 0.399 e. The molecule has 0 aliphatic carbocycles. The van der Waals surface area contributed by atoms with E-state index in [0.29, 0.717) is 18.8 Å². The number of rotatable bonds is 5. The third kappa shape index (κ3) is 4.49. The molecule has 21 heavy (non-hydrogen) atoms. The number of nitrogens with two attached hydrogens (primary N) is 1. The van der Waals surface area contributed by atoms with Gasteiger partial charge in [0.15, 0.2) is 0 Å². The van der Waals surface area contributed by atoms with Crippen LogP contribution in [0.4, 0.5) is 16.2 Å². The number of pyridine rings is 1. The van der Waals surface area contributed by atoms with Gasteiger partial charge < -0.3 is 16.0 Å². The van der Waals surface area contributed by atoms with Crippen LogP contribution in [0.1, 0.15) is 12.5 Å². The maximum Gasteiger partial charge on any atom is 0.321 e. The number of nitrogens with zero attached hydrogens (tertiary/aromatic N) is 2. The zero-order chi connectivity index (χ0) is 15.1. The number of carbonyl (C=O) groups is 1. The molecule has 1 heterocycles. The Morgan fingerprint density at radius 2 is 1.86 bits per heavy atom. The van der Waals surface area contributed by atoms with Crippen molar-refractivity contribution in [2.75, 3.05) is 24.1 Å². The van der Waals surface area contributed by atoms with Crippen LogP contribution in [0.3, 0.4) is 0 Å². The Bertz CT molecular complexity index is 569. The first-order valence-electron chi connectivity index (χ1n) is 6.99. The molecular formula is C16H20N4O. The quantitative estimate of drug-likeness (QED) is 0.829. The molecule has 1 aromatic heterocycles. The molecule has 3 N–H and O–H groups in total. The van der Waals surface area contributed by atoms with E-state index >= 15 is 0 Å². The topological polar surface area (TPSA) is 71.2 Å². The van der Waals surface area contributed by atoms with Gasteiger partial charge in [0.2, 0.25) is 0 Å². The number of carbonyl (C=O) groups excluding carboxylic acids is 1. The Hall–Kier alpha value is -2.56. The van der Waals surface area contributed by atoms with Gasteiger partial charge in [-0.25, -0.2) is 4.79 Å². The number of likely N-dealkylation sites (N-methyl/N-ethyl adjacent to an activating group) is 1. The van der Waals surface area contributed by atoms with Crippen molar-refractivity contribution in [2.45, 2.75) is 13.3 Å². The fourth-order valence-corrected chi connectivity index (χ4v) is 1.99. The monoisotopic (exact) mass is 284 g/mol. The van der Waals surface area contributed by atoms with E-state index in [0.717, 1.165) is 12.1 Å². The Morgan fingerprint density at radius 1 is 1.19 bits per heavy atom.